The smallest absolute Gasteiger partial charge is 0.244 e. The molecule has 1 atom stereocenters. The molecule has 152 valence electrons. The summed E-state index contributed by atoms with van der Waals surface area (Å²) < 4.78 is 41.5. The lowest BCUT2D eigenvalue weighted by Crippen LogP contribution is -2.47. The Bertz CT molecular complexity index is 925. The number of amides is 1. The number of rotatable bonds is 9. The van der Waals surface area contributed by atoms with E-state index < -0.39 is 32.7 Å². The third-order valence-corrected chi connectivity index (χ3v) is 6.40. The van der Waals surface area contributed by atoms with E-state index in [1.807, 2.05) is 12.3 Å². The van der Waals surface area contributed by atoms with Gasteiger partial charge in [0.1, 0.15) is 16.8 Å². The predicted molar refractivity (Wildman–Crippen MR) is 111 cm³/mol. The molecular formula is C19H22ClFN2O3S2. The highest BCUT2D eigenvalue weighted by atomic mass is 35.5. The first kappa shape index (κ1) is 22.7. The van der Waals surface area contributed by atoms with Crippen LogP contribution in [0.25, 0.3) is 0 Å². The van der Waals surface area contributed by atoms with Crippen molar-refractivity contribution in [3.8, 4) is 0 Å². The Morgan fingerprint density at radius 3 is 2.61 bits per heavy atom. The van der Waals surface area contributed by atoms with Gasteiger partial charge in [0.2, 0.25) is 15.9 Å². The Hall–Kier alpha value is -1.61. The van der Waals surface area contributed by atoms with Gasteiger partial charge in [-0.05, 0) is 48.3 Å². The molecule has 1 N–H and O–H groups in total. The van der Waals surface area contributed by atoms with E-state index in [-0.39, 0.29) is 13.0 Å². The van der Waals surface area contributed by atoms with Crippen LogP contribution < -0.4 is 4.72 Å². The third kappa shape index (κ3) is 6.20. The molecule has 0 aliphatic carbocycles. The zero-order valence-electron chi connectivity index (χ0n) is 15.6. The first-order valence-electron chi connectivity index (χ1n) is 8.50. The lowest BCUT2D eigenvalue weighted by molar-refractivity contribution is -0.132. The van der Waals surface area contributed by atoms with E-state index in [2.05, 4.69) is 4.72 Å². The van der Waals surface area contributed by atoms with Gasteiger partial charge in [-0.1, -0.05) is 35.9 Å². The number of benzene rings is 2. The second-order valence-electron chi connectivity index (χ2n) is 6.21. The molecule has 0 heterocycles. The average Bonchev–Trinajstić information content (AvgIpc) is 2.64. The zero-order chi connectivity index (χ0) is 20.7. The Labute approximate surface area is 174 Å². The van der Waals surface area contributed by atoms with E-state index in [0.29, 0.717) is 10.8 Å². The molecule has 0 bridgehead atoms. The molecule has 0 spiro atoms. The monoisotopic (exact) mass is 444 g/mol. The average molecular weight is 445 g/mol. The predicted octanol–water partition coefficient (Wildman–Crippen LogP) is 3.54. The maximum atomic E-state index is 13.9. The minimum atomic E-state index is -4.18. The fraction of sp³-hybridized carbons (Fsp3) is 0.316. The van der Waals surface area contributed by atoms with Crippen molar-refractivity contribution in [2.45, 2.75) is 23.9 Å². The summed E-state index contributed by atoms with van der Waals surface area (Å²) in [6.45, 7) is 0.274. The van der Waals surface area contributed by atoms with Crippen molar-refractivity contribution >= 4 is 39.3 Å². The molecule has 1 unspecified atom stereocenters. The lowest BCUT2D eigenvalue weighted by Gasteiger charge is -2.24. The number of carbonyl (C=O) groups is 1. The van der Waals surface area contributed by atoms with Gasteiger partial charge in [0.25, 0.3) is 0 Å². The first-order valence-corrected chi connectivity index (χ1v) is 11.8. The highest BCUT2D eigenvalue weighted by molar-refractivity contribution is 7.98. The van der Waals surface area contributed by atoms with Gasteiger partial charge in [0, 0.05) is 18.6 Å². The molecule has 0 fully saturated rings. The van der Waals surface area contributed by atoms with E-state index in [9.17, 15) is 17.6 Å². The Balaban J connectivity index is 2.19. The fourth-order valence-electron chi connectivity index (χ4n) is 2.64. The van der Waals surface area contributed by atoms with Crippen LogP contribution in [0.1, 0.15) is 12.0 Å². The summed E-state index contributed by atoms with van der Waals surface area (Å²) in [5, 5.41) is 0.553. The van der Waals surface area contributed by atoms with Crippen LogP contribution in [0.3, 0.4) is 0 Å². The van der Waals surface area contributed by atoms with Crippen molar-refractivity contribution in [2.24, 2.45) is 0 Å². The number of thioether (sulfide) groups is 1. The molecule has 2 aromatic rings. The topological polar surface area (TPSA) is 66.5 Å². The number of nitrogens with zero attached hydrogens (tertiary/aromatic N) is 1. The van der Waals surface area contributed by atoms with Crippen molar-refractivity contribution in [3.63, 3.8) is 0 Å². The number of sulfonamides is 1. The van der Waals surface area contributed by atoms with E-state index in [1.54, 1.807) is 25.2 Å². The minimum Gasteiger partial charge on any atom is -0.340 e. The molecule has 2 rings (SSSR count). The number of nitrogens with one attached hydrogen (secondary N) is 1. The van der Waals surface area contributed by atoms with Crippen molar-refractivity contribution in [1.29, 1.82) is 0 Å². The zero-order valence-corrected chi connectivity index (χ0v) is 18.0. The van der Waals surface area contributed by atoms with Crippen LogP contribution in [-0.2, 0) is 21.4 Å². The summed E-state index contributed by atoms with van der Waals surface area (Å²) in [6, 6.07) is 11.2. The first-order chi connectivity index (χ1) is 13.2. The van der Waals surface area contributed by atoms with Gasteiger partial charge < -0.3 is 4.90 Å². The molecule has 1 amide bonds. The van der Waals surface area contributed by atoms with E-state index >= 15 is 0 Å². The van der Waals surface area contributed by atoms with Crippen LogP contribution in [-0.4, -0.2) is 44.3 Å². The normalized spacial score (nSPS) is 12.6. The fourth-order valence-corrected chi connectivity index (χ4v) is 4.62. The Morgan fingerprint density at radius 2 is 1.96 bits per heavy atom. The molecule has 0 aliphatic rings. The van der Waals surface area contributed by atoms with Crippen LogP contribution in [0.15, 0.2) is 53.4 Å². The molecular weight excluding hydrogens is 423 g/mol. The number of hydrogen-bond donors (Lipinski definition) is 1. The molecule has 0 saturated carbocycles. The Morgan fingerprint density at radius 1 is 1.25 bits per heavy atom. The number of hydrogen-bond acceptors (Lipinski definition) is 4. The summed E-state index contributed by atoms with van der Waals surface area (Å²) in [4.78, 5) is 13.8. The van der Waals surface area contributed by atoms with Gasteiger partial charge in [-0.15, -0.1) is 0 Å². The number of likely N-dealkylation sites (N-methyl/N-ethyl adjacent to an activating group) is 1. The molecule has 0 saturated heterocycles. The van der Waals surface area contributed by atoms with Gasteiger partial charge >= 0.3 is 0 Å². The van der Waals surface area contributed by atoms with Crippen LogP contribution in [0.4, 0.5) is 4.39 Å². The lowest BCUT2D eigenvalue weighted by atomic mass is 10.2. The summed E-state index contributed by atoms with van der Waals surface area (Å²) in [5.74, 6) is -0.687. The van der Waals surface area contributed by atoms with Gasteiger partial charge in [-0.2, -0.15) is 16.5 Å². The van der Waals surface area contributed by atoms with Crippen LogP contribution in [0.2, 0.25) is 5.02 Å². The maximum Gasteiger partial charge on any atom is 0.244 e. The van der Waals surface area contributed by atoms with Crippen molar-refractivity contribution < 1.29 is 17.6 Å². The SMILES string of the molecule is CSCCC(NS(=O)(=O)c1ccccc1F)C(=O)N(C)Cc1cccc(Cl)c1. The molecule has 0 radical (unpaired) electrons. The number of carbonyl (C=O) groups excluding carboxylic acids is 1. The molecule has 28 heavy (non-hydrogen) atoms. The maximum absolute atomic E-state index is 13.9. The highest BCUT2D eigenvalue weighted by Crippen LogP contribution is 2.17. The second kappa shape index (κ2) is 10.2. The summed E-state index contributed by atoms with van der Waals surface area (Å²) >= 11 is 7.47. The summed E-state index contributed by atoms with van der Waals surface area (Å²) in [7, 11) is -2.59. The third-order valence-electron chi connectivity index (χ3n) is 4.02. The van der Waals surface area contributed by atoms with E-state index in [4.69, 9.17) is 11.6 Å². The summed E-state index contributed by atoms with van der Waals surface area (Å²) in [5.41, 5.74) is 0.823. The van der Waals surface area contributed by atoms with E-state index in [0.717, 1.165) is 11.6 Å². The van der Waals surface area contributed by atoms with Gasteiger partial charge in [-0.3, -0.25) is 4.79 Å². The van der Waals surface area contributed by atoms with Gasteiger partial charge in [0.15, 0.2) is 0 Å². The number of halogens is 2. The second-order valence-corrected chi connectivity index (χ2v) is 9.31. The van der Waals surface area contributed by atoms with Crippen LogP contribution >= 0.6 is 23.4 Å². The summed E-state index contributed by atoms with van der Waals surface area (Å²) in [6.07, 6.45) is 2.15. The van der Waals surface area contributed by atoms with Crippen LogP contribution in [0.5, 0.6) is 0 Å². The van der Waals surface area contributed by atoms with Crippen molar-refractivity contribution in [3.05, 3.63) is 64.9 Å². The largest absolute Gasteiger partial charge is 0.340 e. The molecule has 0 aromatic heterocycles. The van der Waals surface area contributed by atoms with Gasteiger partial charge in [-0.25, -0.2) is 12.8 Å². The minimum absolute atomic E-state index is 0.274. The van der Waals surface area contributed by atoms with Crippen molar-refractivity contribution in [2.75, 3.05) is 19.1 Å². The van der Waals surface area contributed by atoms with Gasteiger partial charge in [0.05, 0.1) is 0 Å². The quantitative estimate of drug-likeness (QED) is 0.642. The molecule has 2 aromatic carbocycles. The standard InChI is InChI=1S/C19H22ClFN2O3S2/c1-23(13-14-6-5-7-15(20)12-14)19(24)17(10-11-27-2)22-28(25,26)18-9-4-3-8-16(18)21/h3-9,12,17,22H,10-11,13H2,1-2H3. The molecule has 0 aliphatic heterocycles. The van der Waals surface area contributed by atoms with E-state index in [1.165, 1.54) is 34.9 Å². The highest BCUT2D eigenvalue weighted by Gasteiger charge is 2.29. The van der Waals surface area contributed by atoms with Crippen LogP contribution in [0, 0.1) is 5.82 Å². The molecule has 5 nitrogen and oxygen atoms in total. The molecule has 9 heteroatoms. The Kier molecular flexibility index (Phi) is 8.30. The van der Waals surface area contributed by atoms with Crippen molar-refractivity contribution in [1.82, 2.24) is 9.62 Å².